The fourth-order valence-corrected chi connectivity index (χ4v) is 2.90. The van der Waals surface area contributed by atoms with E-state index >= 15 is 0 Å². The number of hydrogen-bond donors (Lipinski definition) is 0. The van der Waals surface area contributed by atoms with Crippen molar-refractivity contribution >= 4 is 29.2 Å². The Kier molecular flexibility index (Phi) is 7.09. The maximum absolute atomic E-state index is 12.2. The first-order valence-corrected chi connectivity index (χ1v) is 9.41. The van der Waals surface area contributed by atoms with E-state index < -0.39 is 5.97 Å². The molecule has 3 aromatic carbocycles. The van der Waals surface area contributed by atoms with Gasteiger partial charge in [0.15, 0.2) is 18.1 Å². The summed E-state index contributed by atoms with van der Waals surface area (Å²) in [6.45, 7) is -0.271. The quantitative estimate of drug-likeness (QED) is 0.222. The van der Waals surface area contributed by atoms with Gasteiger partial charge in [-0.05, 0) is 53.6 Å². The van der Waals surface area contributed by atoms with Gasteiger partial charge < -0.3 is 14.2 Å². The highest BCUT2D eigenvalue weighted by Gasteiger charge is 2.10. The molecule has 3 aromatic rings. The smallest absolute Gasteiger partial charge is 0.349 e. The average molecular weight is 420 g/mol. The molecule has 0 radical (unpaired) electrons. The molecule has 0 atom stereocenters. The summed E-state index contributed by atoms with van der Waals surface area (Å²) in [6, 6.07) is 23.1. The van der Waals surface area contributed by atoms with Gasteiger partial charge in [0.25, 0.3) is 0 Å². The van der Waals surface area contributed by atoms with Gasteiger partial charge in [0.05, 0.1) is 18.8 Å². The molecule has 150 valence electrons. The minimum absolute atomic E-state index is 0.271. The molecule has 0 fully saturated rings. The average Bonchev–Trinajstić information content (AvgIpc) is 2.76. The summed E-state index contributed by atoms with van der Waals surface area (Å²) in [5.41, 5.74) is 1.86. The van der Waals surface area contributed by atoms with Crippen molar-refractivity contribution in [1.82, 2.24) is 0 Å². The summed E-state index contributed by atoms with van der Waals surface area (Å²) in [5.74, 6) is 0.773. The molecule has 6 heteroatoms. The molecule has 0 unspecified atom stereocenters. The van der Waals surface area contributed by atoms with Crippen LogP contribution in [0.1, 0.15) is 11.1 Å². The van der Waals surface area contributed by atoms with Crippen LogP contribution < -0.4 is 14.2 Å². The number of carbonyl (C=O) groups is 1. The van der Waals surface area contributed by atoms with E-state index in [2.05, 4.69) is 6.07 Å². The van der Waals surface area contributed by atoms with Crippen molar-refractivity contribution < 1.29 is 19.0 Å². The largest absolute Gasteiger partial charge is 0.493 e. The minimum atomic E-state index is -0.558. The lowest BCUT2D eigenvalue weighted by Gasteiger charge is -2.10. The number of carbonyl (C=O) groups excluding carboxylic acids is 1. The first kappa shape index (κ1) is 21.0. The number of nitrogens with zero attached hydrogens (tertiary/aromatic N) is 1. The number of rotatable bonds is 7. The van der Waals surface area contributed by atoms with Crippen LogP contribution in [0.15, 0.2) is 72.8 Å². The second kappa shape index (κ2) is 10.1. The number of benzene rings is 3. The van der Waals surface area contributed by atoms with Gasteiger partial charge >= 0.3 is 5.97 Å². The maximum Gasteiger partial charge on any atom is 0.349 e. The van der Waals surface area contributed by atoms with Crippen LogP contribution in [0.4, 0.5) is 0 Å². The van der Waals surface area contributed by atoms with Crippen molar-refractivity contribution in [1.29, 1.82) is 5.26 Å². The molecule has 0 amide bonds. The van der Waals surface area contributed by atoms with E-state index in [0.717, 1.165) is 0 Å². The van der Waals surface area contributed by atoms with Gasteiger partial charge in [-0.1, -0.05) is 48.0 Å². The fourth-order valence-electron chi connectivity index (χ4n) is 2.71. The van der Waals surface area contributed by atoms with E-state index in [0.29, 0.717) is 39.0 Å². The topological polar surface area (TPSA) is 68.6 Å². The summed E-state index contributed by atoms with van der Waals surface area (Å²) in [6.07, 6.45) is 1.70. The van der Waals surface area contributed by atoms with Crippen molar-refractivity contribution in [3.8, 4) is 23.3 Å². The molecule has 0 bridgehead atoms. The zero-order chi connectivity index (χ0) is 21.3. The van der Waals surface area contributed by atoms with E-state index in [9.17, 15) is 10.1 Å². The standard InChI is InChI=1S/C24H18ClNO4/c1-28-22-10-2-3-11-23(22)29-16-24(27)30-21-9-4-6-17(13-21)12-19(15-26)18-7-5-8-20(25)14-18/h2-14H,16H2,1H3/b19-12-. The molecule has 0 spiro atoms. The SMILES string of the molecule is COc1ccccc1OCC(=O)Oc1cccc(/C=C(/C#N)c2cccc(Cl)c2)c1. The van der Waals surface area contributed by atoms with Crippen molar-refractivity contribution in [2.24, 2.45) is 0 Å². The molecule has 0 aliphatic heterocycles. The molecule has 0 aliphatic carbocycles. The molecule has 5 nitrogen and oxygen atoms in total. The van der Waals surface area contributed by atoms with Gasteiger partial charge in [0.2, 0.25) is 0 Å². The third kappa shape index (κ3) is 5.63. The first-order valence-electron chi connectivity index (χ1n) is 9.03. The van der Waals surface area contributed by atoms with Crippen LogP contribution in [0, 0.1) is 11.3 Å². The first-order chi connectivity index (χ1) is 14.6. The summed E-state index contributed by atoms with van der Waals surface area (Å²) in [7, 11) is 1.53. The number of esters is 1. The lowest BCUT2D eigenvalue weighted by molar-refractivity contribution is -0.136. The second-order valence-electron chi connectivity index (χ2n) is 6.17. The number of para-hydroxylation sites is 2. The highest BCUT2D eigenvalue weighted by Crippen LogP contribution is 2.26. The monoisotopic (exact) mass is 419 g/mol. The Morgan fingerprint density at radius 3 is 2.53 bits per heavy atom. The Labute approximate surface area is 179 Å². The van der Waals surface area contributed by atoms with Crippen LogP contribution in [0.25, 0.3) is 11.6 Å². The van der Waals surface area contributed by atoms with Crippen LogP contribution in [-0.2, 0) is 4.79 Å². The van der Waals surface area contributed by atoms with Crippen LogP contribution in [0.2, 0.25) is 5.02 Å². The molecule has 30 heavy (non-hydrogen) atoms. The third-order valence-electron chi connectivity index (χ3n) is 4.07. The maximum atomic E-state index is 12.2. The van der Waals surface area contributed by atoms with E-state index in [1.54, 1.807) is 66.7 Å². The molecule has 0 saturated carbocycles. The van der Waals surface area contributed by atoms with Gasteiger partial charge in [-0.15, -0.1) is 0 Å². The molecule has 0 heterocycles. The van der Waals surface area contributed by atoms with Gasteiger partial charge in [0.1, 0.15) is 5.75 Å². The molecular weight excluding hydrogens is 402 g/mol. The number of nitriles is 1. The van der Waals surface area contributed by atoms with Gasteiger partial charge in [0, 0.05) is 5.02 Å². The van der Waals surface area contributed by atoms with Crippen molar-refractivity contribution in [3.05, 3.63) is 88.9 Å². The Balaban J connectivity index is 1.69. The van der Waals surface area contributed by atoms with Crippen molar-refractivity contribution in [3.63, 3.8) is 0 Å². The number of ether oxygens (including phenoxy) is 3. The van der Waals surface area contributed by atoms with E-state index in [1.165, 1.54) is 7.11 Å². The van der Waals surface area contributed by atoms with Crippen LogP contribution in [0.3, 0.4) is 0 Å². The van der Waals surface area contributed by atoms with Crippen molar-refractivity contribution in [2.45, 2.75) is 0 Å². The normalized spacial score (nSPS) is 10.8. The second-order valence-corrected chi connectivity index (χ2v) is 6.60. The predicted molar refractivity (Wildman–Crippen MR) is 116 cm³/mol. The summed E-state index contributed by atoms with van der Waals surface area (Å²) < 4.78 is 16.0. The zero-order valence-electron chi connectivity index (χ0n) is 16.2. The van der Waals surface area contributed by atoms with E-state index in [4.69, 9.17) is 25.8 Å². The highest BCUT2D eigenvalue weighted by molar-refractivity contribution is 6.30. The Morgan fingerprint density at radius 2 is 1.80 bits per heavy atom. The summed E-state index contributed by atoms with van der Waals surface area (Å²) in [4.78, 5) is 12.2. The molecule has 0 saturated heterocycles. The van der Waals surface area contributed by atoms with Crippen LogP contribution in [-0.4, -0.2) is 19.7 Å². The lowest BCUT2D eigenvalue weighted by atomic mass is 10.0. The summed E-state index contributed by atoms with van der Waals surface area (Å²) in [5, 5.41) is 10.0. The molecule has 0 aromatic heterocycles. The van der Waals surface area contributed by atoms with E-state index in [1.807, 2.05) is 12.1 Å². The fraction of sp³-hybridized carbons (Fsp3) is 0.0833. The van der Waals surface area contributed by atoms with Crippen LogP contribution in [0.5, 0.6) is 17.2 Å². The minimum Gasteiger partial charge on any atom is -0.493 e. The number of methoxy groups -OCH3 is 1. The number of allylic oxidation sites excluding steroid dienone is 1. The molecule has 3 rings (SSSR count). The van der Waals surface area contributed by atoms with Gasteiger partial charge in [-0.2, -0.15) is 5.26 Å². The summed E-state index contributed by atoms with van der Waals surface area (Å²) >= 11 is 6.01. The molecule has 0 N–H and O–H groups in total. The molecule has 0 aliphatic rings. The van der Waals surface area contributed by atoms with Crippen LogP contribution >= 0.6 is 11.6 Å². The third-order valence-corrected chi connectivity index (χ3v) is 4.31. The Hall–Kier alpha value is -3.75. The Morgan fingerprint density at radius 1 is 1.03 bits per heavy atom. The van der Waals surface area contributed by atoms with Gasteiger partial charge in [-0.25, -0.2) is 4.79 Å². The lowest BCUT2D eigenvalue weighted by Crippen LogP contribution is -2.17. The zero-order valence-corrected chi connectivity index (χ0v) is 16.9. The number of hydrogen-bond acceptors (Lipinski definition) is 5. The molecular formula is C24H18ClNO4. The number of halogens is 1. The van der Waals surface area contributed by atoms with E-state index in [-0.39, 0.29) is 6.61 Å². The highest BCUT2D eigenvalue weighted by atomic mass is 35.5. The van der Waals surface area contributed by atoms with Gasteiger partial charge in [-0.3, -0.25) is 0 Å². The van der Waals surface area contributed by atoms with Crippen molar-refractivity contribution in [2.75, 3.05) is 13.7 Å². The Bertz CT molecular complexity index is 1120. The predicted octanol–water partition coefficient (Wildman–Crippen LogP) is 5.40.